The average molecular weight is 536 g/mol. The van der Waals surface area contributed by atoms with Crippen LogP contribution < -0.4 is 20.2 Å². The highest BCUT2D eigenvalue weighted by molar-refractivity contribution is 6.35. The number of aromatic hydroxyl groups is 1. The third-order valence-electron chi connectivity index (χ3n) is 5.06. The van der Waals surface area contributed by atoms with Gasteiger partial charge in [0, 0.05) is 10.6 Å². The van der Waals surface area contributed by atoms with Crippen LogP contribution in [0.4, 0.5) is 0 Å². The molecule has 0 radical (unpaired) electrons. The van der Waals surface area contributed by atoms with Gasteiger partial charge >= 0.3 is 0 Å². The summed E-state index contributed by atoms with van der Waals surface area (Å²) in [6.07, 6.45) is 2.98. The number of carbonyl (C=O) groups excluding carboxylic acids is 2. The van der Waals surface area contributed by atoms with E-state index in [1.165, 1.54) is 19.4 Å². The van der Waals surface area contributed by atoms with Gasteiger partial charge in [-0.3, -0.25) is 9.59 Å². The summed E-state index contributed by atoms with van der Waals surface area (Å²) >= 11 is 12.0. The maximum atomic E-state index is 12.8. The molecule has 0 aliphatic carbocycles. The third kappa shape index (κ3) is 8.46. The van der Waals surface area contributed by atoms with Gasteiger partial charge in [0.05, 0.1) is 18.3 Å². The molecule has 0 bridgehead atoms. The molecule has 0 spiro atoms. The van der Waals surface area contributed by atoms with Crippen LogP contribution in [0.1, 0.15) is 38.3 Å². The molecule has 0 heterocycles. The van der Waals surface area contributed by atoms with Gasteiger partial charge < -0.3 is 19.9 Å². The SMILES string of the molecule is C=CCc1cc(/C=N\NC(=O)[C@@H](CC(C)C)NC(=O)[C@H](C)Oc2ccc(Cl)cc2Cl)cc(OC)c1O. The van der Waals surface area contributed by atoms with Crippen molar-refractivity contribution < 1.29 is 24.2 Å². The second kappa shape index (κ2) is 13.8. The molecular formula is C26H31Cl2N3O5. The van der Waals surface area contributed by atoms with Crippen LogP contribution in [0, 0.1) is 5.92 Å². The number of carbonyl (C=O) groups is 2. The fourth-order valence-electron chi connectivity index (χ4n) is 3.29. The average Bonchev–Trinajstić information content (AvgIpc) is 2.81. The van der Waals surface area contributed by atoms with Crippen molar-refractivity contribution in [3.8, 4) is 17.2 Å². The van der Waals surface area contributed by atoms with Crippen molar-refractivity contribution >= 4 is 41.2 Å². The number of nitrogens with one attached hydrogen (secondary N) is 2. The van der Waals surface area contributed by atoms with Crippen LogP contribution in [0.15, 0.2) is 48.1 Å². The number of rotatable bonds is 12. The molecule has 10 heteroatoms. The van der Waals surface area contributed by atoms with E-state index in [1.807, 2.05) is 13.8 Å². The van der Waals surface area contributed by atoms with Gasteiger partial charge in [-0.25, -0.2) is 5.43 Å². The fraction of sp³-hybridized carbons (Fsp3) is 0.346. The molecule has 0 saturated carbocycles. The van der Waals surface area contributed by atoms with Gasteiger partial charge in [0.1, 0.15) is 11.8 Å². The zero-order valence-corrected chi connectivity index (χ0v) is 22.2. The van der Waals surface area contributed by atoms with Crippen molar-refractivity contribution in [2.45, 2.75) is 45.8 Å². The van der Waals surface area contributed by atoms with Gasteiger partial charge in [0.2, 0.25) is 0 Å². The van der Waals surface area contributed by atoms with E-state index in [2.05, 4.69) is 22.4 Å². The monoisotopic (exact) mass is 535 g/mol. The summed E-state index contributed by atoms with van der Waals surface area (Å²) in [5, 5.41) is 17.7. The van der Waals surface area contributed by atoms with Crippen molar-refractivity contribution in [1.29, 1.82) is 0 Å². The molecule has 0 aromatic heterocycles. The smallest absolute Gasteiger partial charge is 0.262 e. The van der Waals surface area contributed by atoms with Crippen LogP contribution in [0.5, 0.6) is 17.2 Å². The Balaban J connectivity index is 2.08. The highest BCUT2D eigenvalue weighted by Gasteiger charge is 2.25. The van der Waals surface area contributed by atoms with Crippen LogP contribution in [0.3, 0.4) is 0 Å². The number of hydrogen-bond acceptors (Lipinski definition) is 6. The fourth-order valence-corrected chi connectivity index (χ4v) is 3.74. The summed E-state index contributed by atoms with van der Waals surface area (Å²) in [6, 6.07) is 7.15. The largest absolute Gasteiger partial charge is 0.504 e. The molecule has 0 fully saturated rings. The molecular weight excluding hydrogens is 505 g/mol. The van der Waals surface area contributed by atoms with Gasteiger partial charge in [-0.1, -0.05) is 43.1 Å². The number of hydrazone groups is 1. The highest BCUT2D eigenvalue weighted by Crippen LogP contribution is 2.31. The minimum Gasteiger partial charge on any atom is -0.504 e. The molecule has 2 amide bonds. The van der Waals surface area contributed by atoms with Crippen LogP contribution in [0.2, 0.25) is 10.0 Å². The van der Waals surface area contributed by atoms with Gasteiger partial charge in [-0.15, -0.1) is 6.58 Å². The minimum absolute atomic E-state index is 0.0227. The Hall–Kier alpha value is -3.23. The number of nitrogens with zero attached hydrogens (tertiary/aromatic N) is 1. The summed E-state index contributed by atoms with van der Waals surface area (Å²) in [7, 11) is 1.44. The van der Waals surface area contributed by atoms with Crippen molar-refractivity contribution in [3.63, 3.8) is 0 Å². The Morgan fingerprint density at radius 1 is 1.14 bits per heavy atom. The van der Waals surface area contributed by atoms with Crippen molar-refractivity contribution in [2.24, 2.45) is 11.0 Å². The van der Waals surface area contributed by atoms with Crippen LogP contribution in [0.25, 0.3) is 0 Å². The summed E-state index contributed by atoms with van der Waals surface area (Å²) in [5.74, 6) is -0.241. The number of methoxy groups -OCH3 is 1. The quantitative estimate of drug-likeness (QED) is 0.204. The van der Waals surface area contributed by atoms with E-state index in [4.69, 9.17) is 32.7 Å². The first-order valence-electron chi connectivity index (χ1n) is 11.3. The van der Waals surface area contributed by atoms with E-state index >= 15 is 0 Å². The predicted molar refractivity (Wildman–Crippen MR) is 142 cm³/mol. The van der Waals surface area contributed by atoms with Gasteiger partial charge in [-0.05, 0) is 61.6 Å². The van der Waals surface area contributed by atoms with Crippen LogP contribution in [-0.2, 0) is 16.0 Å². The molecule has 194 valence electrons. The lowest BCUT2D eigenvalue weighted by Crippen LogP contribution is -2.49. The second-order valence-corrected chi connectivity index (χ2v) is 9.33. The molecule has 2 atom stereocenters. The number of hydrogen-bond donors (Lipinski definition) is 3. The first-order valence-corrected chi connectivity index (χ1v) is 12.1. The lowest BCUT2D eigenvalue weighted by molar-refractivity contribution is -0.132. The van der Waals surface area contributed by atoms with E-state index in [-0.39, 0.29) is 22.4 Å². The Kier molecular flexibility index (Phi) is 11.1. The van der Waals surface area contributed by atoms with E-state index in [0.29, 0.717) is 34.7 Å². The Morgan fingerprint density at radius 3 is 2.47 bits per heavy atom. The summed E-state index contributed by atoms with van der Waals surface area (Å²) < 4.78 is 10.8. The number of amides is 2. The Labute approximate surface area is 221 Å². The van der Waals surface area contributed by atoms with Crippen molar-refractivity contribution in [1.82, 2.24) is 10.7 Å². The molecule has 2 aromatic carbocycles. The molecule has 3 N–H and O–H groups in total. The molecule has 36 heavy (non-hydrogen) atoms. The summed E-state index contributed by atoms with van der Waals surface area (Å²) in [4.78, 5) is 25.6. The standard InChI is InChI=1S/C26H31Cl2N3O5/c1-6-7-18-11-17(12-23(35-5)24(18)32)14-29-31-26(34)21(10-15(2)3)30-25(33)16(4)36-22-9-8-19(27)13-20(22)28/h6,8-9,11-16,21,32H,1,7,10H2,2-5H3,(H,30,33)(H,31,34)/b29-14-/t16-,21+/m0/s1. The van der Waals surface area contributed by atoms with Crippen molar-refractivity contribution in [2.75, 3.05) is 7.11 Å². The topological polar surface area (TPSA) is 109 Å². The van der Waals surface area contributed by atoms with Crippen LogP contribution >= 0.6 is 23.2 Å². The first kappa shape index (κ1) is 29.0. The minimum atomic E-state index is -0.914. The maximum Gasteiger partial charge on any atom is 0.262 e. The van der Waals surface area contributed by atoms with E-state index in [0.717, 1.165) is 0 Å². The summed E-state index contributed by atoms with van der Waals surface area (Å²) in [6.45, 7) is 9.11. The van der Waals surface area contributed by atoms with Gasteiger partial charge in [0.25, 0.3) is 11.8 Å². The van der Waals surface area contributed by atoms with Gasteiger partial charge in [0.15, 0.2) is 17.6 Å². The number of phenols is 1. The lowest BCUT2D eigenvalue weighted by Gasteiger charge is -2.22. The molecule has 0 unspecified atom stereocenters. The molecule has 0 aliphatic rings. The number of halogens is 2. The molecule has 0 aliphatic heterocycles. The number of benzene rings is 2. The van der Waals surface area contributed by atoms with Crippen molar-refractivity contribution in [3.05, 3.63) is 64.2 Å². The third-order valence-corrected chi connectivity index (χ3v) is 5.59. The maximum absolute atomic E-state index is 12.8. The zero-order valence-electron chi connectivity index (χ0n) is 20.7. The number of allylic oxidation sites excluding steroid dienone is 1. The van der Waals surface area contributed by atoms with E-state index in [9.17, 15) is 14.7 Å². The molecule has 2 rings (SSSR count). The molecule has 8 nitrogen and oxygen atoms in total. The first-order chi connectivity index (χ1) is 17.0. The van der Waals surface area contributed by atoms with Gasteiger partial charge in [-0.2, -0.15) is 5.10 Å². The molecule has 2 aromatic rings. The van der Waals surface area contributed by atoms with Crippen LogP contribution in [-0.4, -0.2) is 42.4 Å². The highest BCUT2D eigenvalue weighted by atomic mass is 35.5. The molecule has 0 saturated heterocycles. The van der Waals surface area contributed by atoms with E-state index < -0.39 is 24.0 Å². The predicted octanol–water partition coefficient (Wildman–Crippen LogP) is 4.88. The van der Waals surface area contributed by atoms with E-state index in [1.54, 1.807) is 37.3 Å². The lowest BCUT2D eigenvalue weighted by atomic mass is 10.0. The Bertz CT molecular complexity index is 1120. The number of phenolic OH excluding ortho intramolecular Hbond substituents is 1. The normalized spacial score (nSPS) is 12.8. The number of ether oxygens (including phenoxy) is 2. The summed E-state index contributed by atoms with van der Waals surface area (Å²) in [5.41, 5.74) is 3.68. The second-order valence-electron chi connectivity index (χ2n) is 8.48. The zero-order chi connectivity index (χ0) is 26.8. The Morgan fingerprint density at radius 2 is 1.86 bits per heavy atom.